The maximum Gasteiger partial charge on any atom is 0.326 e. The van der Waals surface area contributed by atoms with E-state index in [9.17, 15) is 9.59 Å². The van der Waals surface area contributed by atoms with Crippen molar-refractivity contribution < 1.29 is 19.4 Å². The molecule has 2 N–H and O–H groups in total. The lowest BCUT2D eigenvalue weighted by atomic mass is 10.0. The van der Waals surface area contributed by atoms with E-state index in [0.717, 1.165) is 0 Å². The number of hydrogen-bond donors (Lipinski definition) is 2. The Balaban J connectivity index is 2.91. The largest absolute Gasteiger partial charge is 0.497 e. The van der Waals surface area contributed by atoms with E-state index in [1.807, 2.05) is 13.8 Å². The first-order valence-electron chi connectivity index (χ1n) is 6.22. The van der Waals surface area contributed by atoms with Crippen LogP contribution in [-0.2, 0) is 4.79 Å². The third kappa shape index (κ3) is 4.52. The van der Waals surface area contributed by atoms with Gasteiger partial charge in [0.15, 0.2) is 0 Å². The Hall–Kier alpha value is -1.56. The Bertz CT molecular complexity index is 502. The number of nitrogens with one attached hydrogen (secondary N) is 1. The van der Waals surface area contributed by atoms with Gasteiger partial charge in [0.05, 0.1) is 12.7 Å². The van der Waals surface area contributed by atoms with Crippen molar-refractivity contribution in [2.45, 2.75) is 26.3 Å². The normalized spacial score (nSPS) is 12.1. The molecule has 0 saturated carbocycles. The molecule has 20 heavy (non-hydrogen) atoms. The van der Waals surface area contributed by atoms with Gasteiger partial charge < -0.3 is 15.2 Å². The number of carboxylic acids is 1. The monoisotopic (exact) mass is 343 g/mol. The van der Waals surface area contributed by atoms with E-state index in [1.54, 1.807) is 18.2 Å². The van der Waals surface area contributed by atoms with Gasteiger partial charge in [-0.1, -0.05) is 13.8 Å². The van der Waals surface area contributed by atoms with Gasteiger partial charge in [0.1, 0.15) is 11.8 Å². The number of hydrogen-bond acceptors (Lipinski definition) is 3. The number of carboxylic acid groups (broad SMARTS) is 1. The van der Waals surface area contributed by atoms with Crippen LogP contribution in [0.3, 0.4) is 0 Å². The molecular formula is C14H18BrNO4. The number of ether oxygens (including phenoxy) is 1. The molecule has 1 atom stereocenters. The van der Waals surface area contributed by atoms with Crippen molar-refractivity contribution in [1.82, 2.24) is 5.32 Å². The van der Waals surface area contributed by atoms with Crippen molar-refractivity contribution in [3.8, 4) is 5.75 Å². The lowest BCUT2D eigenvalue weighted by Gasteiger charge is -2.17. The molecule has 0 aliphatic rings. The zero-order valence-electron chi connectivity index (χ0n) is 11.6. The Morgan fingerprint density at radius 1 is 1.40 bits per heavy atom. The molecule has 0 aromatic heterocycles. The molecule has 0 fully saturated rings. The first kappa shape index (κ1) is 16.5. The van der Waals surface area contributed by atoms with E-state index in [2.05, 4.69) is 21.2 Å². The van der Waals surface area contributed by atoms with Gasteiger partial charge in [-0.3, -0.25) is 4.79 Å². The number of methoxy groups -OCH3 is 1. The van der Waals surface area contributed by atoms with Crippen LogP contribution in [-0.4, -0.2) is 30.1 Å². The fourth-order valence-corrected chi connectivity index (χ4v) is 2.16. The van der Waals surface area contributed by atoms with Crippen molar-refractivity contribution >= 4 is 27.8 Å². The van der Waals surface area contributed by atoms with Crippen molar-refractivity contribution in [3.05, 3.63) is 28.2 Å². The average molecular weight is 344 g/mol. The van der Waals surface area contributed by atoms with Crippen LogP contribution in [0.2, 0.25) is 0 Å². The van der Waals surface area contributed by atoms with Crippen LogP contribution < -0.4 is 10.1 Å². The van der Waals surface area contributed by atoms with Crippen molar-refractivity contribution in [2.75, 3.05) is 7.11 Å². The Morgan fingerprint density at radius 2 is 2.05 bits per heavy atom. The highest BCUT2D eigenvalue weighted by Gasteiger charge is 2.22. The molecule has 0 radical (unpaired) electrons. The molecule has 110 valence electrons. The van der Waals surface area contributed by atoms with Crippen LogP contribution in [0.15, 0.2) is 22.7 Å². The van der Waals surface area contributed by atoms with E-state index in [0.29, 0.717) is 22.2 Å². The highest BCUT2D eigenvalue weighted by atomic mass is 79.9. The molecule has 1 amide bonds. The second-order valence-electron chi connectivity index (χ2n) is 4.84. The zero-order valence-corrected chi connectivity index (χ0v) is 13.2. The lowest BCUT2D eigenvalue weighted by molar-refractivity contribution is -0.139. The second-order valence-corrected chi connectivity index (χ2v) is 5.69. The summed E-state index contributed by atoms with van der Waals surface area (Å²) >= 11 is 3.27. The summed E-state index contributed by atoms with van der Waals surface area (Å²) in [7, 11) is 1.50. The van der Waals surface area contributed by atoms with E-state index >= 15 is 0 Å². The molecule has 1 aromatic rings. The standard InChI is InChI=1S/C14H18BrNO4/c1-8(2)6-12(14(18)19)16-13(17)10-7-9(20-3)4-5-11(10)15/h4-5,7-8,12H,6H2,1-3H3,(H,16,17)(H,18,19). The van der Waals surface area contributed by atoms with E-state index in [-0.39, 0.29) is 5.92 Å². The van der Waals surface area contributed by atoms with Gasteiger partial charge in [-0.2, -0.15) is 0 Å². The molecule has 6 heteroatoms. The minimum atomic E-state index is -1.04. The lowest BCUT2D eigenvalue weighted by Crippen LogP contribution is -2.41. The van der Waals surface area contributed by atoms with Crippen LogP contribution in [0.1, 0.15) is 30.6 Å². The van der Waals surface area contributed by atoms with Crippen molar-refractivity contribution in [2.24, 2.45) is 5.92 Å². The van der Waals surface area contributed by atoms with Crippen LogP contribution in [0.25, 0.3) is 0 Å². The number of aliphatic carboxylic acids is 1. The van der Waals surface area contributed by atoms with E-state index in [1.165, 1.54) is 7.11 Å². The summed E-state index contributed by atoms with van der Waals surface area (Å²) in [5.74, 6) is -0.769. The van der Waals surface area contributed by atoms with Gasteiger partial charge in [-0.05, 0) is 46.5 Å². The molecular weight excluding hydrogens is 326 g/mol. The summed E-state index contributed by atoms with van der Waals surface area (Å²) in [5, 5.41) is 11.7. The molecule has 0 spiro atoms. The molecule has 1 rings (SSSR count). The summed E-state index contributed by atoms with van der Waals surface area (Å²) < 4.78 is 5.65. The maximum absolute atomic E-state index is 12.2. The maximum atomic E-state index is 12.2. The van der Waals surface area contributed by atoms with Gasteiger partial charge in [0.2, 0.25) is 0 Å². The highest BCUT2D eigenvalue weighted by molar-refractivity contribution is 9.10. The first-order chi connectivity index (χ1) is 9.35. The number of carbonyl (C=O) groups excluding carboxylic acids is 1. The van der Waals surface area contributed by atoms with Gasteiger partial charge in [-0.15, -0.1) is 0 Å². The van der Waals surface area contributed by atoms with E-state index in [4.69, 9.17) is 9.84 Å². The van der Waals surface area contributed by atoms with Gasteiger partial charge in [0.25, 0.3) is 5.91 Å². The molecule has 1 aromatic carbocycles. The fourth-order valence-electron chi connectivity index (χ4n) is 1.73. The van der Waals surface area contributed by atoms with Crippen molar-refractivity contribution in [1.29, 1.82) is 0 Å². The van der Waals surface area contributed by atoms with Gasteiger partial charge in [0, 0.05) is 4.47 Å². The van der Waals surface area contributed by atoms with Crippen molar-refractivity contribution in [3.63, 3.8) is 0 Å². The fraction of sp³-hybridized carbons (Fsp3) is 0.429. The summed E-state index contributed by atoms with van der Waals surface area (Å²) in [6, 6.07) is 4.06. The highest BCUT2D eigenvalue weighted by Crippen LogP contribution is 2.22. The van der Waals surface area contributed by atoms with E-state index < -0.39 is 17.9 Å². The molecule has 0 aliphatic carbocycles. The number of carbonyl (C=O) groups is 2. The SMILES string of the molecule is COc1ccc(Br)c(C(=O)NC(CC(C)C)C(=O)O)c1. The third-order valence-electron chi connectivity index (χ3n) is 2.73. The summed E-state index contributed by atoms with van der Waals surface area (Å²) in [4.78, 5) is 23.3. The molecule has 1 unspecified atom stereocenters. The number of amides is 1. The molecule has 5 nitrogen and oxygen atoms in total. The van der Waals surface area contributed by atoms with Crippen LogP contribution >= 0.6 is 15.9 Å². The predicted octanol–water partition coefficient (Wildman–Crippen LogP) is 2.69. The third-order valence-corrected chi connectivity index (χ3v) is 3.42. The summed E-state index contributed by atoms with van der Waals surface area (Å²) in [6.45, 7) is 3.81. The summed E-state index contributed by atoms with van der Waals surface area (Å²) in [6.07, 6.45) is 0.378. The number of rotatable bonds is 6. The summed E-state index contributed by atoms with van der Waals surface area (Å²) in [5.41, 5.74) is 0.347. The Morgan fingerprint density at radius 3 is 2.55 bits per heavy atom. The minimum absolute atomic E-state index is 0.171. The number of halogens is 1. The quantitative estimate of drug-likeness (QED) is 0.832. The topological polar surface area (TPSA) is 75.6 Å². The van der Waals surface area contributed by atoms with Crippen LogP contribution in [0.4, 0.5) is 0 Å². The smallest absolute Gasteiger partial charge is 0.326 e. The molecule has 0 aliphatic heterocycles. The zero-order chi connectivity index (χ0) is 15.3. The molecule has 0 bridgehead atoms. The van der Waals surface area contributed by atoms with Crippen LogP contribution in [0, 0.1) is 5.92 Å². The van der Waals surface area contributed by atoms with Gasteiger partial charge in [-0.25, -0.2) is 4.79 Å². The molecule has 0 saturated heterocycles. The average Bonchev–Trinajstić information content (AvgIpc) is 2.37. The Labute approximate surface area is 126 Å². The number of benzene rings is 1. The Kier molecular flexibility index (Phi) is 6.01. The first-order valence-corrected chi connectivity index (χ1v) is 7.01. The second kappa shape index (κ2) is 7.28. The van der Waals surface area contributed by atoms with Gasteiger partial charge >= 0.3 is 5.97 Å². The molecule has 0 heterocycles. The van der Waals surface area contributed by atoms with Crippen LogP contribution in [0.5, 0.6) is 5.75 Å². The predicted molar refractivity (Wildman–Crippen MR) is 79.0 cm³/mol. The minimum Gasteiger partial charge on any atom is -0.497 e.